The third-order valence-corrected chi connectivity index (χ3v) is 7.26. The van der Waals surface area contributed by atoms with E-state index in [1.165, 1.54) is 23.5 Å². The van der Waals surface area contributed by atoms with E-state index in [4.69, 9.17) is 15.6 Å². The summed E-state index contributed by atoms with van der Waals surface area (Å²) in [7, 11) is 1.39. The van der Waals surface area contributed by atoms with Crippen molar-refractivity contribution in [1.82, 2.24) is 19.9 Å². The van der Waals surface area contributed by atoms with Gasteiger partial charge >= 0.3 is 5.97 Å². The van der Waals surface area contributed by atoms with Crippen LogP contribution < -0.4 is 5.84 Å². The van der Waals surface area contributed by atoms with Crippen molar-refractivity contribution in [1.29, 1.82) is 0 Å². The molecule has 0 saturated carbocycles. The van der Waals surface area contributed by atoms with Crippen LogP contribution >= 0.6 is 11.8 Å². The molecule has 200 valence electrons. The molecule has 5 rings (SSSR count). The predicted octanol–water partition coefficient (Wildman–Crippen LogP) is 4.97. The van der Waals surface area contributed by atoms with Gasteiger partial charge in [-0.3, -0.25) is 9.98 Å². The van der Waals surface area contributed by atoms with Crippen molar-refractivity contribution >= 4 is 23.4 Å². The number of aromatic nitrogens is 4. The van der Waals surface area contributed by atoms with Crippen LogP contribution in [-0.4, -0.2) is 44.7 Å². The second kappa shape index (κ2) is 12.9. The molecule has 2 heterocycles. The maximum Gasteiger partial charge on any atom is 0.330 e. The van der Waals surface area contributed by atoms with Crippen molar-refractivity contribution in [3.05, 3.63) is 132 Å². The van der Waals surface area contributed by atoms with E-state index in [9.17, 15) is 4.79 Å². The second-order valence-electron chi connectivity index (χ2n) is 8.97. The number of carbonyl (C=O) groups is 1. The number of nitrogen functional groups attached to an aromatic ring is 1. The molecule has 5 aromatic rings. The van der Waals surface area contributed by atoms with Crippen LogP contribution in [0.15, 0.2) is 120 Å². The van der Waals surface area contributed by atoms with Gasteiger partial charge in [0.25, 0.3) is 0 Å². The van der Waals surface area contributed by atoms with E-state index in [0.29, 0.717) is 23.2 Å². The smallest absolute Gasteiger partial charge is 0.330 e. The molecule has 0 aliphatic heterocycles. The van der Waals surface area contributed by atoms with Gasteiger partial charge in [-0.2, -0.15) is 0 Å². The average Bonchev–Trinajstić information content (AvgIpc) is 3.39. The first-order chi connectivity index (χ1) is 19.6. The van der Waals surface area contributed by atoms with Crippen LogP contribution in [0.25, 0.3) is 11.4 Å². The van der Waals surface area contributed by atoms with Gasteiger partial charge in [0.1, 0.15) is 0 Å². The maximum absolute atomic E-state index is 12.9. The van der Waals surface area contributed by atoms with Crippen LogP contribution in [-0.2, 0) is 21.7 Å². The number of benzene rings is 3. The van der Waals surface area contributed by atoms with Gasteiger partial charge in [0.2, 0.25) is 5.16 Å². The topological polar surface area (TPSA) is 108 Å². The Morgan fingerprint density at radius 3 is 2.20 bits per heavy atom. The van der Waals surface area contributed by atoms with Crippen LogP contribution in [0.2, 0.25) is 0 Å². The number of pyridine rings is 1. The SMILES string of the molecule is COC(=O)C(Cc1cccc(CSc2nnc(-c3ccncc3)n2N)c1)N=C(c1ccccc1)c1ccccc1. The van der Waals surface area contributed by atoms with Crippen molar-refractivity contribution in [2.24, 2.45) is 4.99 Å². The fourth-order valence-electron chi connectivity index (χ4n) is 4.27. The molecule has 9 heteroatoms. The van der Waals surface area contributed by atoms with Crippen molar-refractivity contribution in [3.63, 3.8) is 0 Å². The largest absolute Gasteiger partial charge is 0.467 e. The van der Waals surface area contributed by atoms with Crippen molar-refractivity contribution < 1.29 is 9.53 Å². The molecule has 2 N–H and O–H groups in total. The van der Waals surface area contributed by atoms with Crippen LogP contribution in [0.5, 0.6) is 0 Å². The zero-order chi connectivity index (χ0) is 27.7. The lowest BCUT2D eigenvalue weighted by atomic mass is 10.00. The highest BCUT2D eigenvalue weighted by Crippen LogP contribution is 2.25. The number of rotatable bonds is 10. The lowest BCUT2D eigenvalue weighted by Crippen LogP contribution is -2.25. The van der Waals surface area contributed by atoms with E-state index in [1.54, 1.807) is 12.4 Å². The number of nitrogens with zero attached hydrogens (tertiary/aromatic N) is 5. The minimum absolute atomic E-state index is 0.385. The quantitative estimate of drug-likeness (QED) is 0.114. The summed E-state index contributed by atoms with van der Waals surface area (Å²) in [5.74, 6) is 7.09. The van der Waals surface area contributed by atoms with Gasteiger partial charge in [-0.15, -0.1) is 10.2 Å². The minimum Gasteiger partial charge on any atom is -0.467 e. The normalized spacial score (nSPS) is 11.5. The summed E-state index contributed by atoms with van der Waals surface area (Å²) in [6.07, 6.45) is 3.78. The lowest BCUT2D eigenvalue weighted by molar-refractivity contribution is -0.142. The first-order valence-electron chi connectivity index (χ1n) is 12.7. The highest BCUT2D eigenvalue weighted by Gasteiger charge is 2.21. The van der Waals surface area contributed by atoms with E-state index in [0.717, 1.165) is 33.5 Å². The standard InChI is InChI=1S/C31H28N6O2S/c1-39-30(38)27(34-28(24-11-4-2-5-12-24)25-13-6-3-7-14-25)20-22-9-8-10-23(19-22)21-40-31-36-35-29(37(31)32)26-15-17-33-18-16-26/h2-19,27H,20-21,32H2,1H3. The molecule has 0 aliphatic rings. The Morgan fingerprint density at radius 1 is 0.900 bits per heavy atom. The Hall–Kier alpha value is -4.76. The van der Waals surface area contributed by atoms with E-state index in [1.807, 2.05) is 91.0 Å². The number of hydrogen-bond acceptors (Lipinski definition) is 8. The summed E-state index contributed by atoms with van der Waals surface area (Å²) in [6, 6.07) is 30.8. The summed E-state index contributed by atoms with van der Waals surface area (Å²) >= 11 is 1.49. The summed E-state index contributed by atoms with van der Waals surface area (Å²) < 4.78 is 6.65. The minimum atomic E-state index is -0.710. The molecular weight excluding hydrogens is 520 g/mol. The van der Waals surface area contributed by atoms with Gasteiger partial charge in [0, 0.05) is 41.3 Å². The first-order valence-corrected chi connectivity index (χ1v) is 13.7. The molecule has 0 fully saturated rings. The molecule has 2 aromatic heterocycles. The predicted molar refractivity (Wildman–Crippen MR) is 157 cm³/mol. The molecule has 0 saturated heterocycles. The summed E-state index contributed by atoms with van der Waals surface area (Å²) in [6.45, 7) is 0. The monoisotopic (exact) mass is 548 g/mol. The van der Waals surface area contributed by atoms with Crippen LogP contribution in [0.1, 0.15) is 22.3 Å². The van der Waals surface area contributed by atoms with Crippen LogP contribution in [0.4, 0.5) is 0 Å². The third kappa shape index (κ3) is 6.44. The number of ether oxygens (including phenoxy) is 1. The Labute approximate surface area is 236 Å². The molecule has 0 spiro atoms. The molecule has 40 heavy (non-hydrogen) atoms. The summed E-state index contributed by atoms with van der Waals surface area (Å²) in [4.78, 5) is 21.9. The highest BCUT2D eigenvalue weighted by molar-refractivity contribution is 7.98. The zero-order valence-electron chi connectivity index (χ0n) is 21.9. The number of carbonyl (C=O) groups excluding carboxylic acids is 1. The van der Waals surface area contributed by atoms with Gasteiger partial charge in [-0.1, -0.05) is 96.7 Å². The molecule has 1 atom stereocenters. The van der Waals surface area contributed by atoms with E-state index in [2.05, 4.69) is 21.2 Å². The Morgan fingerprint density at radius 2 is 1.55 bits per heavy atom. The molecule has 8 nitrogen and oxygen atoms in total. The number of methoxy groups -OCH3 is 1. The molecule has 3 aromatic carbocycles. The van der Waals surface area contributed by atoms with Crippen LogP contribution in [0, 0.1) is 0 Å². The van der Waals surface area contributed by atoms with Crippen LogP contribution in [0.3, 0.4) is 0 Å². The Kier molecular flexibility index (Phi) is 8.63. The van der Waals surface area contributed by atoms with E-state index >= 15 is 0 Å². The maximum atomic E-state index is 12.9. The van der Waals surface area contributed by atoms with Gasteiger partial charge < -0.3 is 10.6 Å². The van der Waals surface area contributed by atoms with E-state index < -0.39 is 6.04 Å². The second-order valence-corrected chi connectivity index (χ2v) is 9.92. The average molecular weight is 549 g/mol. The fourth-order valence-corrected chi connectivity index (χ4v) is 5.07. The number of esters is 1. The van der Waals surface area contributed by atoms with Gasteiger partial charge in [-0.05, 0) is 23.3 Å². The molecule has 0 amide bonds. The lowest BCUT2D eigenvalue weighted by Gasteiger charge is -2.15. The van der Waals surface area contributed by atoms with Crippen molar-refractivity contribution in [3.8, 4) is 11.4 Å². The molecular formula is C31H28N6O2S. The Bertz CT molecular complexity index is 1550. The van der Waals surface area contributed by atoms with Gasteiger partial charge in [-0.25, -0.2) is 9.47 Å². The molecule has 0 aliphatic carbocycles. The number of aliphatic imine (C=N–C) groups is 1. The number of hydrogen-bond donors (Lipinski definition) is 1. The summed E-state index contributed by atoms with van der Waals surface area (Å²) in [5, 5.41) is 9.09. The van der Waals surface area contributed by atoms with Gasteiger partial charge in [0.05, 0.1) is 12.8 Å². The number of thioether (sulfide) groups is 1. The van der Waals surface area contributed by atoms with Crippen molar-refractivity contribution in [2.75, 3.05) is 13.0 Å². The number of nitrogens with two attached hydrogens (primary N) is 1. The fraction of sp³-hybridized carbons (Fsp3) is 0.129. The zero-order valence-corrected chi connectivity index (χ0v) is 22.7. The van der Waals surface area contributed by atoms with Gasteiger partial charge in [0.15, 0.2) is 11.9 Å². The summed E-state index contributed by atoms with van der Waals surface area (Å²) in [5.41, 5.74) is 5.50. The molecule has 1 unspecified atom stereocenters. The first kappa shape index (κ1) is 26.8. The highest BCUT2D eigenvalue weighted by atomic mass is 32.2. The molecule has 0 radical (unpaired) electrons. The molecule has 0 bridgehead atoms. The van der Waals surface area contributed by atoms with Crippen molar-refractivity contribution in [2.45, 2.75) is 23.4 Å². The third-order valence-electron chi connectivity index (χ3n) is 6.24. The van der Waals surface area contributed by atoms with E-state index in [-0.39, 0.29) is 5.97 Å². The Balaban J connectivity index is 1.36.